The van der Waals surface area contributed by atoms with Gasteiger partial charge in [0.15, 0.2) is 0 Å². The lowest BCUT2D eigenvalue weighted by Crippen LogP contribution is -2.48. The summed E-state index contributed by atoms with van der Waals surface area (Å²) < 4.78 is 34.6. The molecular formula is C27H28N6O4S2. The van der Waals surface area contributed by atoms with E-state index in [-0.39, 0.29) is 10.8 Å². The first kappa shape index (κ1) is 26.8. The van der Waals surface area contributed by atoms with E-state index in [1.807, 2.05) is 11.4 Å². The van der Waals surface area contributed by atoms with E-state index in [9.17, 15) is 13.2 Å². The van der Waals surface area contributed by atoms with E-state index >= 15 is 0 Å². The van der Waals surface area contributed by atoms with Crippen molar-refractivity contribution in [2.75, 3.05) is 43.4 Å². The van der Waals surface area contributed by atoms with Crippen molar-refractivity contribution in [1.29, 1.82) is 0 Å². The monoisotopic (exact) mass is 564 g/mol. The second kappa shape index (κ2) is 11.5. The molecule has 0 unspecified atom stereocenters. The first-order valence-electron chi connectivity index (χ1n) is 12.4. The highest BCUT2D eigenvalue weighted by Gasteiger charge is 2.28. The number of amides is 1. The van der Waals surface area contributed by atoms with Crippen molar-refractivity contribution in [3.05, 3.63) is 72.6 Å². The highest BCUT2D eigenvalue weighted by Crippen LogP contribution is 2.34. The Kier molecular flexibility index (Phi) is 7.89. The Bertz CT molecular complexity index is 1600. The van der Waals surface area contributed by atoms with Crippen LogP contribution in [0.2, 0.25) is 0 Å². The molecule has 1 fully saturated rings. The number of benzene rings is 2. The van der Waals surface area contributed by atoms with Gasteiger partial charge in [-0.1, -0.05) is 19.6 Å². The minimum atomic E-state index is -3.56. The zero-order valence-corrected chi connectivity index (χ0v) is 23.0. The van der Waals surface area contributed by atoms with Crippen LogP contribution in [0.25, 0.3) is 10.2 Å². The molecular weight excluding hydrogens is 536 g/mol. The third-order valence-corrected chi connectivity index (χ3v) is 9.11. The molecule has 10 nitrogen and oxygen atoms in total. The Morgan fingerprint density at radius 1 is 1.08 bits per heavy atom. The predicted octanol–water partition coefficient (Wildman–Crippen LogP) is 4.68. The summed E-state index contributed by atoms with van der Waals surface area (Å²) in [5.74, 6) is 0.832. The van der Waals surface area contributed by atoms with Crippen LogP contribution in [-0.4, -0.2) is 66.2 Å². The van der Waals surface area contributed by atoms with Crippen molar-refractivity contribution in [1.82, 2.24) is 19.2 Å². The first-order valence-corrected chi connectivity index (χ1v) is 14.7. The maximum atomic E-state index is 13.1. The normalized spacial score (nSPS) is 14.7. The Morgan fingerprint density at radius 2 is 1.85 bits per heavy atom. The van der Waals surface area contributed by atoms with Crippen molar-refractivity contribution in [2.45, 2.75) is 11.8 Å². The average molecular weight is 565 g/mol. The molecule has 12 heteroatoms. The molecule has 0 atom stereocenters. The van der Waals surface area contributed by atoms with Crippen molar-refractivity contribution < 1.29 is 17.9 Å². The standard InChI is InChI=1S/C27H28N6O4S2/c1-3-24(34)28-20-6-5-7-21(18-20)37-26-25-23(12-17-38-25)30-27(31-26)29-19-8-10-22(11-9-19)39(35,36)33-15-13-32(4-2)14-16-33/h3,5-12,17-18H,1,4,13-16H2,2H3,(H,28,34)(H,29,30,31). The fraction of sp³-hybridized carbons (Fsp3) is 0.222. The van der Waals surface area contributed by atoms with E-state index in [2.05, 4.69) is 39.0 Å². The number of likely N-dealkylation sites (N-methyl/N-ethyl adjacent to an activating group) is 1. The number of nitrogens with one attached hydrogen (secondary N) is 2. The topological polar surface area (TPSA) is 117 Å². The first-order chi connectivity index (χ1) is 18.9. The van der Waals surface area contributed by atoms with Gasteiger partial charge < -0.3 is 20.3 Å². The van der Waals surface area contributed by atoms with Crippen LogP contribution in [0.3, 0.4) is 0 Å². The summed E-state index contributed by atoms with van der Waals surface area (Å²) in [6.45, 7) is 8.89. The zero-order chi connectivity index (χ0) is 27.4. The largest absolute Gasteiger partial charge is 0.437 e. The van der Waals surface area contributed by atoms with Gasteiger partial charge in [0, 0.05) is 43.6 Å². The van der Waals surface area contributed by atoms with Gasteiger partial charge in [-0.2, -0.15) is 9.29 Å². The summed E-state index contributed by atoms with van der Waals surface area (Å²) in [4.78, 5) is 23.3. The number of hydrogen-bond acceptors (Lipinski definition) is 9. The highest BCUT2D eigenvalue weighted by molar-refractivity contribution is 7.89. The average Bonchev–Trinajstić information content (AvgIpc) is 3.43. The number of piperazine rings is 1. The number of sulfonamides is 1. The van der Waals surface area contributed by atoms with Crippen LogP contribution in [0.15, 0.2) is 77.5 Å². The molecule has 1 aliphatic heterocycles. The molecule has 3 heterocycles. The lowest BCUT2D eigenvalue weighted by atomic mass is 10.3. The van der Waals surface area contributed by atoms with Gasteiger partial charge in [-0.05, 0) is 60.5 Å². The van der Waals surface area contributed by atoms with Crippen LogP contribution < -0.4 is 15.4 Å². The van der Waals surface area contributed by atoms with Crippen LogP contribution in [0, 0.1) is 0 Å². The third kappa shape index (κ3) is 6.09. The van der Waals surface area contributed by atoms with Crippen LogP contribution in [0.4, 0.5) is 17.3 Å². The van der Waals surface area contributed by atoms with Crippen LogP contribution >= 0.6 is 11.3 Å². The van der Waals surface area contributed by atoms with Gasteiger partial charge in [0.2, 0.25) is 27.8 Å². The van der Waals surface area contributed by atoms with Crippen molar-refractivity contribution in [2.24, 2.45) is 0 Å². The molecule has 4 aromatic rings. The Morgan fingerprint density at radius 3 is 2.56 bits per heavy atom. The predicted molar refractivity (Wildman–Crippen MR) is 153 cm³/mol. The maximum absolute atomic E-state index is 13.1. The summed E-state index contributed by atoms with van der Waals surface area (Å²) in [6, 6.07) is 15.4. The summed E-state index contributed by atoms with van der Waals surface area (Å²) in [7, 11) is -3.56. The lowest BCUT2D eigenvalue weighted by Gasteiger charge is -2.33. The fourth-order valence-corrected chi connectivity index (χ4v) is 6.36. The molecule has 1 amide bonds. The van der Waals surface area contributed by atoms with E-state index < -0.39 is 10.0 Å². The number of thiophene rings is 1. The van der Waals surface area contributed by atoms with Gasteiger partial charge >= 0.3 is 0 Å². The summed E-state index contributed by atoms with van der Waals surface area (Å²) in [5, 5.41) is 7.75. The fourth-order valence-electron chi connectivity index (χ4n) is 4.18. The second-order valence-electron chi connectivity index (χ2n) is 8.80. The third-order valence-electron chi connectivity index (χ3n) is 6.30. The van der Waals surface area contributed by atoms with Gasteiger partial charge in [-0.15, -0.1) is 11.3 Å². The Hall–Kier alpha value is -3.84. The summed E-state index contributed by atoms with van der Waals surface area (Å²) in [5.41, 5.74) is 1.91. The summed E-state index contributed by atoms with van der Waals surface area (Å²) in [6.07, 6.45) is 1.20. The molecule has 0 saturated carbocycles. The van der Waals surface area contributed by atoms with Gasteiger partial charge in [0.05, 0.1) is 10.4 Å². The van der Waals surface area contributed by atoms with Crippen LogP contribution in [0.1, 0.15) is 6.92 Å². The Balaban J connectivity index is 1.33. The van der Waals surface area contributed by atoms with E-state index in [0.717, 1.165) is 24.3 Å². The van der Waals surface area contributed by atoms with E-state index in [1.165, 1.54) is 21.7 Å². The molecule has 202 valence electrons. The molecule has 2 aromatic heterocycles. The van der Waals surface area contributed by atoms with Crippen molar-refractivity contribution in [3.8, 4) is 11.6 Å². The number of nitrogens with zero attached hydrogens (tertiary/aromatic N) is 4. The number of anilines is 3. The number of carbonyl (C=O) groups is 1. The molecule has 1 saturated heterocycles. The van der Waals surface area contributed by atoms with Crippen LogP contribution in [0.5, 0.6) is 11.6 Å². The lowest BCUT2D eigenvalue weighted by molar-refractivity contribution is -0.111. The molecule has 1 aliphatic rings. The minimum absolute atomic E-state index is 0.250. The number of fused-ring (bicyclic) bond motifs is 1. The molecule has 0 spiro atoms. The van der Waals surface area contributed by atoms with Crippen molar-refractivity contribution in [3.63, 3.8) is 0 Å². The number of aromatic nitrogens is 2. The number of hydrogen-bond donors (Lipinski definition) is 2. The smallest absolute Gasteiger partial charge is 0.247 e. The van der Waals surface area contributed by atoms with Gasteiger partial charge in [-0.3, -0.25) is 4.79 Å². The van der Waals surface area contributed by atoms with Crippen molar-refractivity contribution >= 4 is 54.8 Å². The second-order valence-corrected chi connectivity index (χ2v) is 11.7. The SMILES string of the molecule is C=CC(=O)Nc1cccc(Oc2nc(Nc3ccc(S(=O)(=O)N4CCN(CC)CC4)cc3)nc3ccsc23)c1. The van der Waals surface area contributed by atoms with Gasteiger partial charge in [-0.25, -0.2) is 13.4 Å². The number of carbonyl (C=O) groups excluding carboxylic acids is 1. The highest BCUT2D eigenvalue weighted by atomic mass is 32.2. The summed E-state index contributed by atoms with van der Waals surface area (Å²) >= 11 is 1.45. The molecule has 39 heavy (non-hydrogen) atoms. The molecule has 5 rings (SSSR count). The van der Waals surface area contributed by atoms with E-state index in [1.54, 1.807) is 48.5 Å². The molecule has 2 N–H and O–H groups in total. The molecule has 0 aliphatic carbocycles. The molecule has 0 bridgehead atoms. The van der Waals surface area contributed by atoms with E-state index in [4.69, 9.17) is 4.74 Å². The van der Waals surface area contributed by atoms with Gasteiger partial charge in [0.25, 0.3) is 0 Å². The Labute approximate surface area is 231 Å². The number of ether oxygens (including phenoxy) is 1. The minimum Gasteiger partial charge on any atom is -0.437 e. The van der Waals surface area contributed by atoms with E-state index in [0.29, 0.717) is 47.6 Å². The molecule has 0 radical (unpaired) electrons. The zero-order valence-electron chi connectivity index (χ0n) is 21.3. The van der Waals surface area contributed by atoms with Gasteiger partial charge in [0.1, 0.15) is 10.4 Å². The maximum Gasteiger partial charge on any atom is 0.247 e. The number of rotatable bonds is 9. The molecule has 2 aromatic carbocycles. The quantitative estimate of drug-likeness (QED) is 0.282. The van der Waals surface area contributed by atoms with Crippen LogP contribution in [-0.2, 0) is 14.8 Å².